The molecule has 0 saturated heterocycles. The predicted octanol–water partition coefficient (Wildman–Crippen LogP) is 2.97. The van der Waals surface area contributed by atoms with E-state index in [0.717, 1.165) is 19.3 Å². The number of halogens is 2. The molecule has 126 valence electrons. The maximum Gasteiger partial charge on any atom is 0.387 e. The molecule has 1 amide bonds. The van der Waals surface area contributed by atoms with E-state index in [1.54, 1.807) is 18.2 Å². The first-order valence-corrected chi connectivity index (χ1v) is 7.58. The van der Waals surface area contributed by atoms with Crippen LogP contribution in [0.15, 0.2) is 30.3 Å². The molecule has 0 spiro atoms. The van der Waals surface area contributed by atoms with Gasteiger partial charge in [0.2, 0.25) is 5.91 Å². The van der Waals surface area contributed by atoms with Crippen molar-refractivity contribution in [3.63, 3.8) is 0 Å². The number of hydrogen-bond acceptors (Lipinski definition) is 3. The zero-order chi connectivity index (χ0) is 16.9. The van der Waals surface area contributed by atoms with E-state index in [9.17, 15) is 18.7 Å². The summed E-state index contributed by atoms with van der Waals surface area (Å²) in [5.41, 5.74) is 0.0968. The molecule has 0 heterocycles. The molecule has 1 aliphatic carbocycles. The van der Waals surface area contributed by atoms with Gasteiger partial charge in [-0.1, -0.05) is 31.5 Å². The molecule has 23 heavy (non-hydrogen) atoms. The number of aliphatic hydroxyl groups is 1. The summed E-state index contributed by atoms with van der Waals surface area (Å²) in [6, 6.07) is 6.19. The molecule has 1 saturated carbocycles. The van der Waals surface area contributed by atoms with Crippen LogP contribution in [0.25, 0.3) is 6.08 Å². The fourth-order valence-electron chi connectivity index (χ4n) is 2.88. The normalized spacial score (nSPS) is 24.3. The van der Waals surface area contributed by atoms with E-state index in [-0.39, 0.29) is 29.7 Å². The van der Waals surface area contributed by atoms with Crippen molar-refractivity contribution in [2.24, 2.45) is 5.41 Å². The number of amides is 1. The highest BCUT2D eigenvalue weighted by atomic mass is 19.3. The van der Waals surface area contributed by atoms with Crippen LogP contribution in [0.1, 0.15) is 31.7 Å². The number of alkyl halides is 2. The molecular formula is C17H21F2NO3. The largest absolute Gasteiger partial charge is 0.434 e. The van der Waals surface area contributed by atoms with E-state index in [0.29, 0.717) is 5.56 Å². The Bertz CT molecular complexity index is 577. The highest BCUT2D eigenvalue weighted by Crippen LogP contribution is 2.37. The lowest BCUT2D eigenvalue weighted by molar-refractivity contribution is -0.117. The van der Waals surface area contributed by atoms with Gasteiger partial charge < -0.3 is 15.2 Å². The highest BCUT2D eigenvalue weighted by molar-refractivity contribution is 5.92. The summed E-state index contributed by atoms with van der Waals surface area (Å²) in [7, 11) is 0. The summed E-state index contributed by atoms with van der Waals surface area (Å²) < 4.78 is 29.1. The zero-order valence-corrected chi connectivity index (χ0v) is 13.0. The molecule has 6 heteroatoms. The van der Waals surface area contributed by atoms with Crippen molar-refractivity contribution in [3.05, 3.63) is 35.9 Å². The van der Waals surface area contributed by atoms with E-state index in [1.165, 1.54) is 18.2 Å². The summed E-state index contributed by atoms with van der Waals surface area (Å²) in [5.74, 6) is -0.295. The van der Waals surface area contributed by atoms with E-state index in [1.807, 2.05) is 6.92 Å². The molecule has 0 aliphatic heterocycles. The van der Waals surface area contributed by atoms with Crippen molar-refractivity contribution in [2.45, 2.75) is 38.8 Å². The number of nitrogens with one attached hydrogen (secondary N) is 1. The third kappa shape index (κ3) is 4.51. The minimum atomic E-state index is -2.91. The first kappa shape index (κ1) is 17.4. The van der Waals surface area contributed by atoms with E-state index >= 15 is 0 Å². The lowest BCUT2D eigenvalue weighted by atomic mass is 9.86. The number of hydrogen-bond donors (Lipinski definition) is 2. The summed E-state index contributed by atoms with van der Waals surface area (Å²) in [5, 5.41) is 12.4. The van der Waals surface area contributed by atoms with Gasteiger partial charge in [-0.3, -0.25) is 4.79 Å². The fourth-order valence-corrected chi connectivity index (χ4v) is 2.88. The molecule has 2 atom stereocenters. The van der Waals surface area contributed by atoms with Crippen LogP contribution in [-0.2, 0) is 4.79 Å². The summed E-state index contributed by atoms with van der Waals surface area (Å²) in [6.45, 7) is -0.949. The third-order valence-corrected chi connectivity index (χ3v) is 4.31. The summed E-state index contributed by atoms with van der Waals surface area (Å²) in [6.07, 6.45) is 5.38. The maximum absolute atomic E-state index is 12.3. The SMILES string of the molecule is CC1(CO)CCCC1NC(=O)/C=C/c1ccccc1OC(F)F. The van der Waals surface area contributed by atoms with Gasteiger partial charge in [-0.25, -0.2) is 0 Å². The van der Waals surface area contributed by atoms with Gasteiger partial charge in [0, 0.05) is 23.1 Å². The van der Waals surface area contributed by atoms with Crippen LogP contribution in [0.4, 0.5) is 8.78 Å². The molecule has 4 nitrogen and oxygen atoms in total. The van der Waals surface area contributed by atoms with E-state index < -0.39 is 6.61 Å². The first-order chi connectivity index (χ1) is 10.9. The topological polar surface area (TPSA) is 58.6 Å². The van der Waals surface area contributed by atoms with Crippen molar-refractivity contribution in [2.75, 3.05) is 6.61 Å². The minimum absolute atomic E-state index is 0.0206. The average molecular weight is 325 g/mol. The molecule has 1 aromatic rings. The maximum atomic E-state index is 12.3. The number of para-hydroxylation sites is 1. The molecule has 2 unspecified atom stereocenters. The Kier molecular flexibility index (Phi) is 5.71. The van der Waals surface area contributed by atoms with Gasteiger partial charge in [0.1, 0.15) is 5.75 Å². The zero-order valence-electron chi connectivity index (χ0n) is 13.0. The van der Waals surface area contributed by atoms with Crippen LogP contribution in [-0.4, -0.2) is 30.3 Å². The van der Waals surface area contributed by atoms with E-state index in [4.69, 9.17) is 0 Å². The second-order valence-electron chi connectivity index (χ2n) is 6.02. The van der Waals surface area contributed by atoms with Crippen molar-refractivity contribution in [3.8, 4) is 5.75 Å². The predicted molar refractivity (Wildman–Crippen MR) is 83.1 cm³/mol. The van der Waals surface area contributed by atoms with Crippen LogP contribution in [0.3, 0.4) is 0 Å². The number of rotatable bonds is 6. The Morgan fingerprint density at radius 1 is 1.52 bits per heavy atom. The van der Waals surface area contributed by atoms with E-state index in [2.05, 4.69) is 10.1 Å². The quantitative estimate of drug-likeness (QED) is 0.791. The van der Waals surface area contributed by atoms with Crippen LogP contribution in [0.2, 0.25) is 0 Å². The van der Waals surface area contributed by atoms with Crippen molar-refractivity contribution in [1.29, 1.82) is 0 Å². The smallest absolute Gasteiger partial charge is 0.387 e. The third-order valence-electron chi connectivity index (χ3n) is 4.31. The minimum Gasteiger partial charge on any atom is -0.434 e. The summed E-state index contributed by atoms with van der Waals surface area (Å²) >= 11 is 0. The Morgan fingerprint density at radius 3 is 2.96 bits per heavy atom. The first-order valence-electron chi connectivity index (χ1n) is 7.58. The molecule has 1 aliphatic rings. The van der Waals surface area contributed by atoms with Gasteiger partial charge in [-0.15, -0.1) is 0 Å². The highest BCUT2D eigenvalue weighted by Gasteiger charge is 2.38. The van der Waals surface area contributed by atoms with Gasteiger partial charge in [-0.2, -0.15) is 8.78 Å². The van der Waals surface area contributed by atoms with Crippen molar-refractivity contribution in [1.82, 2.24) is 5.32 Å². The van der Waals surface area contributed by atoms with Gasteiger partial charge in [0.25, 0.3) is 0 Å². The van der Waals surface area contributed by atoms with Crippen molar-refractivity contribution < 1.29 is 23.4 Å². The second-order valence-corrected chi connectivity index (χ2v) is 6.02. The number of benzene rings is 1. The number of ether oxygens (including phenoxy) is 1. The number of carbonyl (C=O) groups excluding carboxylic acids is 1. The van der Waals surface area contributed by atoms with Gasteiger partial charge >= 0.3 is 6.61 Å². The molecule has 1 fully saturated rings. The lowest BCUT2D eigenvalue weighted by Gasteiger charge is -2.29. The standard InChI is InChI=1S/C17H21F2NO3/c1-17(11-21)10-4-7-14(17)20-15(22)9-8-12-5-2-3-6-13(12)23-16(18)19/h2-3,5-6,8-9,14,16,21H,4,7,10-11H2,1H3,(H,20,22)/b9-8+. The Hall–Kier alpha value is -1.95. The van der Waals surface area contributed by atoms with Gasteiger partial charge in [-0.05, 0) is 25.0 Å². The van der Waals surface area contributed by atoms with Crippen LogP contribution in [0.5, 0.6) is 5.75 Å². The Balaban J connectivity index is 2.02. The number of aliphatic hydroxyl groups excluding tert-OH is 1. The lowest BCUT2D eigenvalue weighted by Crippen LogP contribution is -2.44. The average Bonchev–Trinajstić information content (AvgIpc) is 2.87. The molecule has 0 aromatic heterocycles. The van der Waals surface area contributed by atoms with Crippen LogP contribution >= 0.6 is 0 Å². The fraction of sp³-hybridized carbons (Fsp3) is 0.471. The van der Waals surface area contributed by atoms with Crippen LogP contribution < -0.4 is 10.1 Å². The molecular weight excluding hydrogens is 304 g/mol. The molecule has 2 rings (SSSR count). The van der Waals surface area contributed by atoms with Gasteiger partial charge in [0.15, 0.2) is 0 Å². The van der Waals surface area contributed by atoms with Crippen LogP contribution in [0, 0.1) is 5.41 Å². The second kappa shape index (κ2) is 7.55. The summed E-state index contributed by atoms with van der Waals surface area (Å²) in [4.78, 5) is 12.0. The number of carbonyl (C=O) groups is 1. The Labute approximate surface area is 134 Å². The monoisotopic (exact) mass is 325 g/mol. The molecule has 1 aromatic carbocycles. The Morgan fingerprint density at radius 2 is 2.26 bits per heavy atom. The molecule has 2 N–H and O–H groups in total. The molecule has 0 radical (unpaired) electrons. The van der Waals surface area contributed by atoms with Gasteiger partial charge in [0.05, 0.1) is 6.61 Å². The molecule has 0 bridgehead atoms. The van der Waals surface area contributed by atoms with Crippen molar-refractivity contribution >= 4 is 12.0 Å².